The molecule has 0 saturated heterocycles. The van der Waals surface area contributed by atoms with E-state index in [1.54, 1.807) is 6.20 Å². The van der Waals surface area contributed by atoms with Crippen LogP contribution in [0.1, 0.15) is 0 Å². The lowest BCUT2D eigenvalue weighted by atomic mass is 9.95. The van der Waals surface area contributed by atoms with Crippen LogP contribution >= 0.6 is 0 Å². The molecule has 11 aromatic rings. The van der Waals surface area contributed by atoms with E-state index in [2.05, 4.69) is 196 Å². The Kier molecular flexibility index (Phi) is 7.14. The van der Waals surface area contributed by atoms with Crippen LogP contribution in [0.2, 0.25) is 0 Å². The molecule has 3 aromatic heterocycles. The molecule has 0 bridgehead atoms. The van der Waals surface area contributed by atoms with Crippen molar-refractivity contribution in [3.05, 3.63) is 200 Å². The summed E-state index contributed by atoms with van der Waals surface area (Å²) in [7, 11) is 0. The van der Waals surface area contributed by atoms with Gasteiger partial charge in [0.2, 0.25) is 0 Å². The van der Waals surface area contributed by atoms with E-state index in [9.17, 15) is 0 Å². The van der Waals surface area contributed by atoms with E-state index in [0.717, 1.165) is 55.8 Å². The summed E-state index contributed by atoms with van der Waals surface area (Å²) in [6, 6.07) is 67.5. The van der Waals surface area contributed by atoms with Crippen LogP contribution < -0.4 is 4.90 Å². The van der Waals surface area contributed by atoms with Gasteiger partial charge in [-0.1, -0.05) is 121 Å². The number of furan rings is 1. The van der Waals surface area contributed by atoms with Crippen molar-refractivity contribution in [3.63, 3.8) is 0 Å². The second-order valence-corrected chi connectivity index (χ2v) is 14.0. The molecule has 258 valence electrons. The second kappa shape index (κ2) is 12.6. The quantitative estimate of drug-likeness (QED) is 0.173. The highest BCUT2D eigenvalue weighted by Crippen LogP contribution is 2.44. The lowest BCUT2D eigenvalue weighted by Gasteiger charge is -2.27. The molecular formula is C51H33N3O. The molecule has 0 saturated carbocycles. The van der Waals surface area contributed by atoms with Gasteiger partial charge in [0, 0.05) is 62.6 Å². The number of anilines is 3. The van der Waals surface area contributed by atoms with Gasteiger partial charge >= 0.3 is 0 Å². The first-order valence-corrected chi connectivity index (χ1v) is 18.6. The summed E-state index contributed by atoms with van der Waals surface area (Å²) in [6.45, 7) is 0. The predicted molar refractivity (Wildman–Crippen MR) is 229 cm³/mol. The largest absolute Gasteiger partial charge is 0.456 e. The minimum atomic E-state index is 0.820. The maximum Gasteiger partial charge on any atom is 0.138 e. The Morgan fingerprint density at radius 1 is 0.418 bits per heavy atom. The van der Waals surface area contributed by atoms with Crippen molar-refractivity contribution in [2.24, 2.45) is 0 Å². The zero-order valence-corrected chi connectivity index (χ0v) is 29.8. The predicted octanol–water partition coefficient (Wildman–Crippen LogP) is 14.0. The summed E-state index contributed by atoms with van der Waals surface area (Å²) < 4.78 is 8.86. The molecule has 0 fully saturated rings. The first kappa shape index (κ1) is 31.1. The van der Waals surface area contributed by atoms with Crippen LogP contribution in [0.3, 0.4) is 0 Å². The van der Waals surface area contributed by atoms with Crippen LogP contribution in [0.4, 0.5) is 17.1 Å². The summed E-state index contributed by atoms with van der Waals surface area (Å²) in [5.74, 6) is 0. The van der Waals surface area contributed by atoms with Crippen molar-refractivity contribution in [1.82, 2.24) is 9.55 Å². The highest BCUT2D eigenvalue weighted by atomic mass is 16.3. The molecule has 3 heterocycles. The average molecular weight is 704 g/mol. The number of rotatable bonds is 6. The number of aromatic nitrogens is 2. The van der Waals surface area contributed by atoms with Gasteiger partial charge in [0.1, 0.15) is 11.2 Å². The molecule has 0 atom stereocenters. The Balaban J connectivity index is 1.20. The summed E-state index contributed by atoms with van der Waals surface area (Å²) in [5, 5.41) is 6.94. The zero-order chi connectivity index (χ0) is 36.3. The summed E-state index contributed by atoms with van der Waals surface area (Å²) >= 11 is 0. The minimum Gasteiger partial charge on any atom is -0.456 e. The number of pyridine rings is 1. The third-order valence-electron chi connectivity index (χ3n) is 10.9. The summed E-state index contributed by atoms with van der Waals surface area (Å²) in [4.78, 5) is 6.73. The first-order chi connectivity index (χ1) is 27.3. The van der Waals surface area contributed by atoms with Crippen molar-refractivity contribution in [2.45, 2.75) is 0 Å². The fourth-order valence-corrected chi connectivity index (χ4v) is 8.37. The molecule has 4 heteroatoms. The van der Waals surface area contributed by atoms with Crippen molar-refractivity contribution in [1.29, 1.82) is 0 Å². The Morgan fingerprint density at radius 2 is 1.07 bits per heavy atom. The highest BCUT2D eigenvalue weighted by Gasteiger charge is 2.21. The summed E-state index contributed by atoms with van der Waals surface area (Å²) in [6.07, 6.45) is 3.66. The van der Waals surface area contributed by atoms with E-state index >= 15 is 0 Å². The molecule has 55 heavy (non-hydrogen) atoms. The highest BCUT2D eigenvalue weighted by molar-refractivity contribution is 6.11. The molecule has 8 aromatic carbocycles. The fourth-order valence-electron chi connectivity index (χ4n) is 8.37. The van der Waals surface area contributed by atoms with Gasteiger partial charge in [0.05, 0.1) is 16.7 Å². The third kappa shape index (κ3) is 5.11. The van der Waals surface area contributed by atoms with Crippen molar-refractivity contribution < 1.29 is 4.42 Å². The third-order valence-corrected chi connectivity index (χ3v) is 10.9. The number of hydrogen-bond acceptors (Lipinski definition) is 3. The van der Waals surface area contributed by atoms with E-state index < -0.39 is 0 Å². The van der Waals surface area contributed by atoms with Gasteiger partial charge in [-0.2, -0.15) is 0 Å². The lowest BCUT2D eigenvalue weighted by molar-refractivity contribution is 0.668. The Labute approximate surface area is 317 Å². The van der Waals surface area contributed by atoms with Gasteiger partial charge in [-0.05, 0) is 88.1 Å². The van der Waals surface area contributed by atoms with E-state index in [4.69, 9.17) is 4.42 Å². The normalized spacial score (nSPS) is 11.6. The van der Waals surface area contributed by atoms with Crippen LogP contribution in [0, 0.1) is 0 Å². The Bertz CT molecular complexity index is 3170. The second-order valence-electron chi connectivity index (χ2n) is 14.0. The standard InChI is InChI=1S/C51H33N3O/c1-2-12-34(13-3-1)36-16-10-17-37(30-36)53(39-24-26-44-46-33-52-29-28-50(46)55-51(44)32-39)38-25-27-49(45(31-38)41-21-11-15-35-14-4-5-18-40(35)41)54-47-22-8-6-19-42(47)43-20-7-9-23-48(43)54/h1-33H. The maximum absolute atomic E-state index is 6.43. The molecule has 11 rings (SSSR count). The number of nitrogens with zero attached hydrogens (tertiary/aromatic N) is 3. The molecule has 0 amide bonds. The fraction of sp³-hybridized carbons (Fsp3) is 0. The topological polar surface area (TPSA) is 34.2 Å². The molecule has 0 aliphatic rings. The van der Waals surface area contributed by atoms with Crippen molar-refractivity contribution in [2.75, 3.05) is 4.90 Å². The van der Waals surface area contributed by atoms with Crippen LogP contribution in [0.25, 0.3) is 82.5 Å². The molecule has 0 aliphatic carbocycles. The number of hydrogen-bond donors (Lipinski definition) is 0. The summed E-state index contributed by atoms with van der Waals surface area (Å²) in [5.41, 5.74) is 12.8. The van der Waals surface area contributed by atoms with Crippen molar-refractivity contribution in [3.8, 4) is 27.9 Å². The maximum atomic E-state index is 6.43. The smallest absolute Gasteiger partial charge is 0.138 e. The average Bonchev–Trinajstić information content (AvgIpc) is 3.79. The van der Waals surface area contributed by atoms with Gasteiger partial charge in [0.15, 0.2) is 0 Å². The monoisotopic (exact) mass is 703 g/mol. The molecular weight excluding hydrogens is 671 g/mol. The SMILES string of the molecule is c1ccc(-c2cccc(N(c3ccc(-n4c5ccccc5c5ccccc54)c(-c4cccc5ccccc45)c3)c3ccc4c(c3)oc3ccncc34)c2)cc1. The van der Waals surface area contributed by atoms with Gasteiger partial charge in [0.25, 0.3) is 0 Å². The lowest BCUT2D eigenvalue weighted by Crippen LogP contribution is -2.11. The molecule has 4 nitrogen and oxygen atoms in total. The van der Waals surface area contributed by atoms with Crippen LogP contribution in [0.5, 0.6) is 0 Å². The van der Waals surface area contributed by atoms with E-state index in [1.807, 2.05) is 12.3 Å². The van der Waals surface area contributed by atoms with Crippen molar-refractivity contribution >= 4 is 71.6 Å². The Morgan fingerprint density at radius 3 is 1.91 bits per heavy atom. The van der Waals surface area contributed by atoms with E-state index in [-0.39, 0.29) is 0 Å². The van der Waals surface area contributed by atoms with Crippen LogP contribution in [-0.4, -0.2) is 9.55 Å². The number of para-hydroxylation sites is 2. The molecule has 0 spiro atoms. The van der Waals surface area contributed by atoms with E-state index in [1.165, 1.54) is 43.7 Å². The zero-order valence-electron chi connectivity index (χ0n) is 29.8. The van der Waals surface area contributed by atoms with Gasteiger partial charge in [-0.25, -0.2) is 0 Å². The number of benzene rings is 8. The van der Waals surface area contributed by atoms with Crippen LogP contribution in [0.15, 0.2) is 205 Å². The number of fused-ring (bicyclic) bond motifs is 7. The molecule has 0 aliphatic heterocycles. The Hall–Kier alpha value is -7.43. The van der Waals surface area contributed by atoms with Gasteiger partial charge in [-0.15, -0.1) is 0 Å². The van der Waals surface area contributed by atoms with Gasteiger partial charge < -0.3 is 13.9 Å². The minimum absolute atomic E-state index is 0.820. The van der Waals surface area contributed by atoms with E-state index in [0.29, 0.717) is 0 Å². The molecule has 0 radical (unpaired) electrons. The first-order valence-electron chi connectivity index (χ1n) is 18.6. The molecule has 0 unspecified atom stereocenters. The van der Waals surface area contributed by atoms with Crippen LogP contribution in [-0.2, 0) is 0 Å². The van der Waals surface area contributed by atoms with Gasteiger partial charge in [-0.3, -0.25) is 4.98 Å². The molecule has 0 N–H and O–H groups in total.